The van der Waals surface area contributed by atoms with Crippen LogP contribution in [-0.2, 0) is 11.2 Å². The van der Waals surface area contributed by atoms with Gasteiger partial charge in [-0.05, 0) is 60.9 Å². The Balaban J connectivity index is 1.39. The average Bonchev–Trinajstić information content (AvgIpc) is 3.54. The largest absolute Gasteiger partial charge is 0.341 e. The zero-order chi connectivity index (χ0) is 24.1. The summed E-state index contributed by atoms with van der Waals surface area (Å²) in [5.74, 6) is 1.26. The summed E-state index contributed by atoms with van der Waals surface area (Å²) in [7, 11) is 1.94. The fraction of sp³-hybridized carbons (Fsp3) is 0.556. The molecule has 2 amide bonds. The summed E-state index contributed by atoms with van der Waals surface area (Å²) in [4.78, 5) is 30.3. The van der Waals surface area contributed by atoms with Gasteiger partial charge in [-0.25, -0.2) is 5.43 Å². The predicted octanol–water partition coefficient (Wildman–Crippen LogP) is 3.95. The third kappa shape index (κ3) is 6.06. The Kier molecular flexibility index (Phi) is 8.40. The van der Waals surface area contributed by atoms with Crippen LogP contribution in [0.25, 0.3) is 0 Å². The highest BCUT2D eigenvalue weighted by Gasteiger charge is 2.37. The molecule has 1 aromatic heterocycles. The number of benzene rings is 1. The van der Waals surface area contributed by atoms with E-state index in [0.29, 0.717) is 17.9 Å². The summed E-state index contributed by atoms with van der Waals surface area (Å²) in [6.07, 6.45) is 4.59. The van der Waals surface area contributed by atoms with Crippen molar-refractivity contribution in [1.29, 1.82) is 0 Å². The van der Waals surface area contributed by atoms with Crippen molar-refractivity contribution in [3.8, 4) is 0 Å². The molecule has 3 heterocycles. The number of thiophene rings is 1. The van der Waals surface area contributed by atoms with Crippen LogP contribution in [-0.4, -0.2) is 59.9 Å². The lowest BCUT2D eigenvalue weighted by molar-refractivity contribution is -0.134. The number of nitrogens with one attached hydrogen (secondary N) is 2. The number of carbonyl (C=O) groups excluding carboxylic acids is 2. The SMILES string of the molecule is CC(C)CC1CC(C(=O)N2CCC(C(Cc3ccccc3)N(C)C(=O)c3ccsc3)CC2)NN1. The maximum absolute atomic E-state index is 13.2. The quantitative estimate of drug-likeness (QED) is 0.598. The monoisotopic (exact) mass is 482 g/mol. The normalized spacial score (nSPS) is 22.2. The molecule has 0 saturated carbocycles. The third-order valence-electron chi connectivity index (χ3n) is 7.30. The van der Waals surface area contributed by atoms with Crippen molar-refractivity contribution >= 4 is 23.2 Å². The van der Waals surface area contributed by atoms with Gasteiger partial charge in [0.1, 0.15) is 6.04 Å². The number of likely N-dealkylation sites (tertiary alicyclic amines) is 1. The van der Waals surface area contributed by atoms with Crippen LogP contribution in [0.4, 0.5) is 0 Å². The van der Waals surface area contributed by atoms with Crippen LogP contribution in [0, 0.1) is 11.8 Å². The maximum atomic E-state index is 13.2. The maximum Gasteiger partial charge on any atom is 0.254 e. The number of nitrogens with zero attached hydrogens (tertiary/aromatic N) is 2. The molecular formula is C27H38N4O2S. The van der Waals surface area contributed by atoms with Gasteiger partial charge in [-0.15, -0.1) is 0 Å². The number of hydrogen-bond donors (Lipinski definition) is 2. The first kappa shape index (κ1) is 24.9. The van der Waals surface area contributed by atoms with Crippen molar-refractivity contribution in [2.45, 2.75) is 64.1 Å². The number of likely N-dealkylation sites (N-methyl/N-ethyl adjacent to an activating group) is 1. The van der Waals surface area contributed by atoms with E-state index >= 15 is 0 Å². The molecule has 2 N–H and O–H groups in total. The van der Waals surface area contributed by atoms with Gasteiger partial charge in [0.2, 0.25) is 5.91 Å². The molecule has 2 fully saturated rings. The van der Waals surface area contributed by atoms with Crippen molar-refractivity contribution in [2.24, 2.45) is 11.8 Å². The van der Waals surface area contributed by atoms with Crippen LogP contribution in [0.3, 0.4) is 0 Å². The Morgan fingerprint density at radius 2 is 1.85 bits per heavy atom. The van der Waals surface area contributed by atoms with E-state index in [2.05, 4.69) is 49.0 Å². The molecule has 3 unspecified atom stereocenters. The van der Waals surface area contributed by atoms with Crippen molar-refractivity contribution in [3.05, 3.63) is 58.3 Å². The smallest absolute Gasteiger partial charge is 0.254 e. The zero-order valence-electron chi connectivity index (χ0n) is 20.6. The highest BCUT2D eigenvalue weighted by Crippen LogP contribution is 2.28. The van der Waals surface area contributed by atoms with E-state index in [-0.39, 0.29) is 23.9 Å². The molecule has 34 heavy (non-hydrogen) atoms. The molecule has 6 nitrogen and oxygen atoms in total. The Hall–Kier alpha value is -2.22. The molecule has 2 aliphatic heterocycles. The van der Waals surface area contributed by atoms with Gasteiger partial charge < -0.3 is 9.80 Å². The van der Waals surface area contributed by atoms with Gasteiger partial charge in [0, 0.05) is 37.6 Å². The first-order valence-electron chi connectivity index (χ1n) is 12.6. The summed E-state index contributed by atoms with van der Waals surface area (Å²) in [6.45, 7) is 5.94. The highest BCUT2D eigenvalue weighted by atomic mass is 32.1. The summed E-state index contributed by atoms with van der Waals surface area (Å²) < 4.78 is 0. The fourth-order valence-electron chi connectivity index (χ4n) is 5.45. The standard InChI is InChI=1S/C27H38N4O2S/c1-19(2)15-23-17-24(29-28-23)27(33)31-12-9-21(10-13-31)25(16-20-7-5-4-6-8-20)30(3)26(32)22-11-14-34-18-22/h4-8,11,14,18-19,21,23-25,28-29H,9-10,12-13,15-17H2,1-3H3. The van der Waals surface area contributed by atoms with Gasteiger partial charge in [-0.1, -0.05) is 44.2 Å². The Morgan fingerprint density at radius 3 is 2.50 bits per heavy atom. The van der Waals surface area contributed by atoms with Gasteiger partial charge in [0.25, 0.3) is 5.91 Å². The fourth-order valence-corrected chi connectivity index (χ4v) is 6.08. The summed E-state index contributed by atoms with van der Waals surface area (Å²) >= 11 is 1.55. The van der Waals surface area contributed by atoms with E-state index in [0.717, 1.165) is 50.8 Å². The molecule has 184 valence electrons. The zero-order valence-corrected chi connectivity index (χ0v) is 21.4. The van der Waals surface area contributed by atoms with E-state index in [9.17, 15) is 9.59 Å². The summed E-state index contributed by atoms with van der Waals surface area (Å²) in [6, 6.07) is 12.7. The van der Waals surface area contributed by atoms with Gasteiger partial charge in [-0.3, -0.25) is 15.0 Å². The Morgan fingerprint density at radius 1 is 1.12 bits per heavy atom. The molecule has 2 saturated heterocycles. The minimum atomic E-state index is -0.136. The molecule has 0 spiro atoms. The molecule has 2 aromatic rings. The van der Waals surface area contributed by atoms with Crippen LogP contribution in [0.2, 0.25) is 0 Å². The minimum Gasteiger partial charge on any atom is -0.341 e. The Bertz CT molecular complexity index is 925. The minimum absolute atomic E-state index is 0.0816. The first-order chi connectivity index (χ1) is 16.4. The van der Waals surface area contributed by atoms with Gasteiger partial charge in [0.05, 0.1) is 5.56 Å². The molecular weight excluding hydrogens is 444 g/mol. The number of piperidine rings is 1. The van der Waals surface area contributed by atoms with E-state index in [1.165, 1.54) is 5.56 Å². The van der Waals surface area contributed by atoms with Crippen molar-refractivity contribution in [2.75, 3.05) is 20.1 Å². The van der Waals surface area contributed by atoms with Gasteiger partial charge in [-0.2, -0.15) is 11.3 Å². The average molecular weight is 483 g/mol. The number of rotatable bonds is 8. The lowest BCUT2D eigenvalue weighted by atomic mass is 9.84. The second-order valence-electron chi connectivity index (χ2n) is 10.3. The van der Waals surface area contributed by atoms with Crippen molar-refractivity contribution < 1.29 is 9.59 Å². The molecule has 2 aliphatic rings. The van der Waals surface area contributed by atoms with E-state index in [1.54, 1.807) is 11.3 Å². The van der Waals surface area contributed by atoms with E-state index in [4.69, 9.17) is 0 Å². The van der Waals surface area contributed by atoms with Gasteiger partial charge >= 0.3 is 0 Å². The van der Waals surface area contributed by atoms with Gasteiger partial charge in [0.15, 0.2) is 0 Å². The van der Waals surface area contributed by atoms with E-state index in [1.807, 2.05) is 39.7 Å². The van der Waals surface area contributed by atoms with Crippen molar-refractivity contribution in [1.82, 2.24) is 20.7 Å². The molecule has 4 rings (SSSR count). The number of carbonyl (C=O) groups is 2. The summed E-state index contributed by atoms with van der Waals surface area (Å²) in [5.41, 5.74) is 8.55. The Labute approximate surface area is 207 Å². The number of amides is 2. The third-order valence-corrected chi connectivity index (χ3v) is 7.99. The first-order valence-corrected chi connectivity index (χ1v) is 13.5. The number of hydrazine groups is 1. The molecule has 0 bridgehead atoms. The van der Waals surface area contributed by atoms with Crippen LogP contribution >= 0.6 is 11.3 Å². The van der Waals surface area contributed by atoms with E-state index < -0.39 is 0 Å². The topological polar surface area (TPSA) is 64.7 Å². The molecule has 3 atom stereocenters. The second kappa shape index (κ2) is 11.5. The molecule has 7 heteroatoms. The van der Waals surface area contributed by atoms with Crippen LogP contribution in [0.5, 0.6) is 0 Å². The lowest BCUT2D eigenvalue weighted by Gasteiger charge is -2.40. The second-order valence-corrected chi connectivity index (χ2v) is 11.0. The predicted molar refractivity (Wildman–Crippen MR) is 138 cm³/mol. The lowest BCUT2D eigenvalue weighted by Crippen LogP contribution is -2.51. The summed E-state index contributed by atoms with van der Waals surface area (Å²) in [5, 5.41) is 3.88. The molecule has 1 aromatic carbocycles. The molecule has 0 aliphatic carbocycles. The van der Waals surface area contributed by atoms with Crippen molar-refractivity contribution in [3.63, 3.8) is 0 Å². The van der Waals surface area contributed by atoms with Crippen LogP contribution in [0.1, 0.15) is 55.5 Å². The molecule has 0 radical (unpaired) electrons. The number of hydrogen-bond acceptors (Lipinski definition) is 5. The highest BCUT2D eigenvalue weighted by molar-refractivity contribution is 7.08. The van der Waals surface area contributed by atoms with Crippen LogP contribution < -0.4 is 10.9 Å². The van der Waals surface area contributed by atoms with Crippen LogP contribution in [0.15, 0.2) is 47.2 Å².